The van der Waals surface area contributed by atoms with Crippen LogP contribution in [0.25, 0.3) is 6.08 Å². The van der Waals surface area contributed by atoms with Crippen LogP contribution in [0.3, 0.4) is 0 Å². The quantitative estimate of drug-likeness (QED) is 0.301. The maximum absolute atomic E-state index is 3.84. The molecule has 1 aliphatic heterocycles. The van der Waals surface area contributed by atoms with Gasteiger partial charge in [0.2, 0.25) is 0 Å². The zero-order valence-corrected chi connectivity index (χ0v) is 16.7. The molecule has 0 fully saturated rings. The maximum atomic E-state index is 3.84. The van der Waals surface area contributed by atoms with Gasteiger partial charge in [-0.05, 0) is 54.1 Å². The van der Waals surface area contributed by atoms with Crippen molar-refractivity contribution in [3.63, 3.8) is 0 Å². The van der Waals surface area contributed by atoms with Crippen molar-refractivity contribution in [3.8, 4) is 0 Å². The minimum atomic E-state index is 1.09. The van der Waals surface area contributed by atoms with Crippen LogP contribution in [-0.4, -0.2) is 0 Å². The minimum Gasteiger partial charge on any atom is -0.308 e. The Labute approximate surface area is 162 Å². The summed E-state index contributed by atoms with van der Waals surface area (Å²) in [4.78, 5) is 4.79. The fourth-order valence-electron chi connectivity index (χ4n) is 2.79. The molecule has 0 unspecified atom stereocenters. The molecule has 118 valence electrons. The fraction of sp³-hybridized carbons (Fsp3) is 0. The van der Waals surface area contributed by atoms with Crippen molar-refractivity contribution in [3.05, 3.63) is 81.8 Å². The highest BCUT2D eigenvalue weighted by atomic mass is 79.9. The van der Waals surface area contributed by atoms with Crippen LogP contribution in [0.1, 0.15) is 5.56 Å². The largest absolute Gasteiger partial charge is 0.308 e. The van der Waals surface area contributed by atoms with E-state index in [1.54, 1.807) is 11.8 Å². The molecule has 3 aromatic carbocycles. The summed E-state index contributed by atoms with van der Waals surface area (Å²) in [5, 5.41) is 0. The molecule has 0 spiro atoms. The Bertz CT molecular complexity index is 883. The molecule has 0 saturated heterocycles. The van der Waals surface area contributed by atoms with Gasteiger partial charge in [0.05, 0.1) is 11.4 Å². The molecule has 1 aliphatic rings. The van der Waals surface area contributed by atoms with Gasteiger partial charge in [0.15, 0.2) is 0 Å². The number of halogens is 2. The van der Waals surface area contributed by atoms with Crippen LogP contribution in [-0.2, 0) is 0 Å². The molecular formula is C20H13Br2NS. The molecule has 4 heteroatoms. The average Bonchev–Trinajstić information content (AvgIpc) is 2.59. The van der Waals surface area contributed by atoms with Gasteiger partial charge < -0.3 is 4.90 Å². The minimum absolute atomic E-state index is 1.09. The summed E-state index contributed by atoms with van der Waals surface area (Å²) in [6, 6.07) is 21.3. The molecule has 0 N–H and O–H groups in total. The van der Waals surface area contributed by atoms with Crippen LogP contribution < -0.4 is 4.90 Å². The maximum Gasteiger partial charge on any atom is 0.0602 e. The highest BCUT2D eigenvalue weighted by Gasteiger charge is 2.25. The SMILES string of the molecule is C=Cc1ccc(N2c3ccc(Br)cc3Sc3cc(Br)ccc32)cc1. The smallest absolute Gasteiger partial charge is 0.0602 e. The second kappa shape index (κ2) is 6.43. The summed E-state index contributed by atoms with van der Waals surface area (Å²) in [5.74, 6) is 0. The van der Waals surface area contributed by atoms with Gasteiger partial charge >= 0.3 is 0 Å². The summed E-state index contributed by atoms with van der Waals surface area (Å²) in [7, 11) is 0. The molecule has 4 rings (SSSR count). The van der Waals surface area contributed by atoms with E-state index in [1.807, 2.05) is 6.08 Å². The Balaban J connectivity index is 1.93. The lowest BCUT2D eigenvalue weighted by Crippen LogP contribution is -2.14. The van der Waals surface area contributed by atoms with Crippen molar-refractivity contribution >= 4 is 66.8 Å². The Hall–Kier alpha value is -1.49. The van der Waals surface area contributed by atoms with Crippen molar-refractivity contribution in [1.29, 1.82) is 0 Å². The first-order chi connectivity index (χ1) is 11.7. The Kier molecular flexibility index (Phi) is 4.29. The molecule has 0 aliphatic carbocycles. The number of rotatable bonds is 2. The molecular weight excluding hydrogens is 446 g/mol. The van der Waals surface area contributed by atoms with Gasteiger partial charge in [-0.15, -0.1) is 0 Å². The summed E-state index contributed by atoms with van der Waals surface area (Å²) < 4.78 is 2.18. The molecule has 3 aromatic rings. The normalized spacial score (nSPS) is 12.5. The third-order valence-corrected chi connectivity index (χ3v) is 6.01. The molecule has 0 amide bonds. The van der Waals surface area contributed by atoms with Crippen LogP contribution in [0.4, 0.5) is 17.1 Å². The first-order valence-electron chi connectivity index (χ1n) is 7.45. The second-order valence-electron chi connectivity index (χ2n) is 5.46. The van der Waals surface area contributed by atoms with Gasteiger partial charge in [0, 0.05) is 24.4 Å². The van der Waals surface area contributed by atoms with Crippen LogP contribution in [0.5, 0.6) is 0 Å². The van der Waals surface area contributed by atoms with E-state index in [2.05, 4.69) is 104 Å². The number of hydrogen-bond donors (Lipinski definition) is 0. The highest BCUT2D eigenvalue weighted by molar-refractivity contribution is 9.10. The van der Waals surface area contributed by atoms with Gasteiger partial charge in [-0.25, -0.2) is 0 Å². The lowest BCUT2D eigenvalue weighted by Gasteiger charge is -2.33. The fourth-order valence-corrected chi connectivity index (χ4v) is 4.96. The van der Waals surface area contributed by atoms with Gasteiger partial charge in [-0.2, -0.15) is 0 Å². The standard InChI is InChI=1S/C20H13Br2NS/c1-2-13-3-7-16(8-4-13)23-17-9-5-14(21)11-19(17)24-20-12-15(22)6-10-18(20)23/h2-12H,1H2. The van der Waals surface area contributed by atoms with Crippen molar-refractivity contribution in [2.75, 3.05) is 4.90 Å². The molecule has 0 aromatic heterocycles. The van der Waals surface area contributed by atoms with E-state index >= 15 is 0 Å². The van der Waals surface area contributed by atoms with Gasteiger partial charge in [-0.1, -0.05) is 68.4 Å². The molecule has 0 atom stereocenters. The molecule has 24 heavy (non-hydrogen) atoms. The lowest BCUT2D eigenvalue weighted by atomic mass is 10.1. The van der Waals surface area contributed by atoms with Crippen molar-refractivity contribution in [2.24, 2.45) is 0 Å². The Morgan fingerprint density at radius 1 is 0.792 bits per heavy atom. The number of benzene rings is 3. The third-order valence-electron chi connectivity index (χ3n) is 3.93. The first kappa shape index (κ1) is 16.0. The van der Waals surface area contributed by atoms with Crippen LogP contribution in [0.2, 0.25) is 0 Å². The van der Waals surface area contributed by atoms with Gasteiger partial charge in [0.25, 0.3) is 0 Å². The summed E-state index contributed by atoms with van der Waals surface area (Å²) in [5.41, 5.74) is 4.67. The number of anilines is 3. The van der Waals surface area contributed by atoms with E-state index < -0.39 is 0 Å². The molecule has 0 bridgehead atoms. The number of nitrogens with zero attached hydrogens (tertiary/aromatic N) is 1. The summed E-state index contributed by atoms with van der Waals surface area (Å²) in [6.07, 6.45) is 1.87. The zero-order valence-electron chi connectivity index (χ0n) is 12.7. The predicted molar refractivity (Wildman–Crippen MR) is 111 cm³/mol. The van der Waals surface area contributed by atoms with Crippen molar-refractivity contribution in [1.82, 2.24) is 0 Å². The number of hydrogen-bond acceptors (Lipinski definition) is 2. The highest BCUT2D eigenvalue weighted by Crippen LogP contribution is 2.52. The van der Waals surface area contributed by atoms with Crippen LogP contribution >= 0.6 is 43.6 Å². The van der Waals surface area contributed by atoms with E-state index in [9.17, 15) is 0 Å². The van der Waals surface area contributed by atoms with Crippen LogP contribution in [0, 0.1) is 0 Å². The average molecular weight is 459 g/mol. The van der Waals surface area contributed by atoms with E-state index in [0.29, 0.717) is 0 Å². The number of fused-ring (bicyclic) bond motifs is 2. The van der Waals surface area contributed by atoms with Crippen molar-refractivity contribution in [2.45, 2.75) is 9.79 Å². The molecule has 1 nitrogen and oxygen atoms in total. The van der Waals surface area contributed by atoms with Crippen LogP contribution in [0.15, 0.2) is 86.0 Å². The predicted octanol–water partition coefficient (Wildman–Crippen LogP) is 7.79. The van der Waals surface area contributed by atoms with E-state index in [4.69, 9.17) is 0 Å². The summed E-state index contributed by atoms with van der Waals surface area (Å²) >= 11 is 8.97. The van der Waals surface area contributed by atoms with Crippen molar-refractivity contribution < 1.29 is 0 Å². The topological polar surface area (TPSA) is 3.24 Å². The molecule has 0 saturated carbocycles. The van der Waals surface area contributed by atoms with E-state index in [1.165, 1.54) is 21.2 Å². The van der Waals surface area contributed by atoms with E-state index in [0.717, 1.165) is 20.2 Å². The molecule has 0 radical (unpaired) electrons. The van der Waals surface area contributed by atoms with E-state index in [-0.39, 0.29) is 0 Å². The van der Waals surface area contributed by atoms with Gasteiger partial charge in [-0.3, -0.25) is 0 Å². The third kappa shape index (κ3) is 2.83. The second-order valence-corrected chi connectivity index (χ2v) is 8.37. The summed E-state index contributed by atoms with van der Waals surface area (Å²) in [6.45, 7) is 3.84. The van der Waals surface area contributed by atoms with Gasteiger partial charge in [0.1, 0.15) is 0 Å². The molecule has 1 heterocycles. The monoisotopic (exact) mass is 457 g/mol. The lowest BCUT2D eigenvalue weighted by molar-refractivity contribution is 1.16. The first-order valence-corrected chi connectivity index (χ1v) is 9.85. The Morgan fingerprint density at radius 3 is 1.83 bits per heavy atom. The Morgan fingerprint density at radius 2 is 1.33 bits per heavy atom. The zero-order chi connectivity index (χ0) is 16.7.